The number of carbonyl (C=O) groups is 1. The Labute approximate surface area is 74.6 Å². The molecule has 0 radical (unpaired) electrons. The van der Waals surface area contributed by atoms with Gasteiger partial charge in [0.15, 0.2) is 0 Å². The van der Waals surface area contributed by atoms with E-state index < -0.39 is 0 Å². The van der Waals surface area contributed by atoms with E-state index in [4.69, 9.17) is 4.74 Å². The number of hydrogen-bond donors (Lipinski definition) is 0. The van der Waals surface area contributed by atoms with Gasteiger partial charge in [-0.15, -0.1) is 0 Å². The van der Waals surface area contributed by atoms with Crippen molar-refractivity contribution < 1.29 is 9.53 Å². The number of rotatable bonds is 4. The zero-order valence-corrected chi connectivity index (χ0v) is 8.33. The SMILES string of the molecule is C/C=C/C(C)C(=O)OCC(C)C. The Morgan fingerprint density at radius 3 is 2.42 bits per heavy atom. The monoisotopic (exact) mass is 170 g/mol. The maximum absolute atomic E-state index is 11.2. The average molecular weight is 170 g/mol. The summed E-state index contributed by atoms with van der Waals surface area (Å²) < 4.78 is 5.03. The van der Waals surface area contributed by atoms with E-state index in [1.54, 1.807) is 0 Å². The fourth-order valence-corrected chi connectivity index (χ4v) is 0.747. The van der Waals surface area contributed by atoms with E-state index in [1.165, 1.54) is 0 Å². The van der Waals surface area contributed by atoms with Crippen molar-refractivity contribution >= 4 is 5.97 Å². The first kappa shape index (κ1) is 11.2. The van der Waals surface area contributed by atoms with Gasteiger partial charge in [-0.1, -0.05) is 26.0 Å². The highest BCUT2D eigenvalue weighted by atomic mass is 16.5. The van der Waals surface area contributed by atoms with Gasteiger partial charge < -0.3 is 4.74 Å². The molecule has 0 aliphatic carbocycles. The van der Waals surface area contributed by atoms with E-state index in [9.17, 15) is 4.79 Å². The zero-order chi connectivity index (χ0) is 9.56. The highest BCUT2D eigenvalue weighted by molar-refractivity contribution is 5.73. The van der Waals surface area contributed by atoms with Crippen molar-refractivity contribution in [2.45, 2.75) is 27.7 Å². The number of hydrogen-bond acceptors (Lipinski definition) is 2. The molecule has 70 valence electrons. The van der Waals surface area contributed by atoms with Crippen molar-refractivity contribution in [1.82, 2.24) is 0 Å². The molecule has 0 N–H and O–H groups in total. The first-order valence-corrected chi connectivity index (χ1v) is 4.37. The maximum Gasteiger partial charge on any atom is 0.312 e. The quantitative estimate of drug-likeness (QED) is 0.478. The van der Waals surface area contributed by atoms with Crippen LogP contribution in [0.25, 0.3) is 0 Å². The highest BCUT2D eigenvalue weighted by Gasteiger charge is 2.10. The summed E-state index contributed by atoms with van der Waals surface area (Å²) in [6.07, 6.45) is 3.70. The van der Waals surface area contributed by atoms with Crippen LogP contribution in [0.1, 0.15) is 27.7 Å². The van der Waals surface area contributed by atoms with E-state index in [0.717, 1.165) is 0 Å². The van der Waals surface area contributed by atoms with Gasteiger partial charge in [0.05, 0.1) is 12.5 Å². The summed E-state index contributed by atoms with van der Waals surface area (Å²) in [6.45, 7) is 8.29. The predicted octanol–water partition coefficient (Wildman–Crippen LogP) is 2.40. The molecule has 0 aliphatic rings. The molecule has 0 saturated carbocycles. The topological polar surface area (TPSA) is 26.3 Å². The Hall–Kier alpha value is -0.790. The second-order valence-corrected chi connectivity index (χ2v) is 3.34. The Bertz CT molecular complexity index is 159. The standard InChI is InChI=1S/C10H18O2/c1-5-6-9(4)10(11)12-7-8(2)3/h5-6,8-9H,7H2,1-4H3/b6-5+. The maximum atomic E-state index is 11.2. The van der Waals surface area contributed by atoms with Crippen LogP contribution >= 0.6 is 0 Å². The Balaban J connectivity index is 3.72. The minimum Gasteiger partial charge on any atom is -0.465 e. The molecular formula is C10H18O2. The van der Waals surface area contributed by atoms with Gasteiger partial charge in [-0.2, -0.15) is 0 Å². The first-order valence-electron chi connectivity index (χ1n) is 4.37. The third-order valence-electron chi connectivity index (χ3n) is 1.41. The second-order valence-electron chi connectivity index (χ2n) is 3.34. The summed E-state index contributed by atoms with van der Waals surface area (Å²) in [5.41, 5.74) is 0. The van der Waals surface area contributed by atoms with Gasteiger partial charge in [0.1, 0.15) is 0 Å². The molecule has 0 aromatic rings. The van der Waals surface area contributed by atoms with Crippen LogP contribution in [0.2, 0.25) is 0 Å². The van der Waals surface area contributed by atoms with Crippen molar-refractivity contribution in [2.24, 2.45) is 11.8 Å². The van der Waals surface area contributed by atoms with Crippen molar-refractivity contribution in [3.05, 3.63) is 12.2 Å². The molecule has 0 saturated heterocycles. The van der Waals surface area contributed by atoms with Gasteiger partial charge >= 0.3 is 5.97 Å². The number of ether oxygens (including phenoxy) is 1. The summed E-state index contributed by atoms with van der Waals surface area (Å²) in [5.74, 6) is 0.155. The van der Waals surface area contributed by atoms with Crippen molar-refractivity contribution in [3.8, 4) is 0 Å². The lowest BCUT2D eigenvalue weighted by molar-refractivity contribution is -0.147. The zero-order valence-electron chi connectivity index (χ0n) is 8.33. The van der Waals surface area contributed by atoms with Crippen molar-refractivity contribution in [2.75, 3.05) is 6.61 Å². The van der Waals surface area contributed by atoms with Crippen LogP contribution in [0.3, 0.4) is 0 Å². The molecule has 1 unspecified atom stereocenters. The van der Waals surface area contributed by atoms with E-state index in [-0.39, 0.29) is 11.9 Å². The van der Waals surface area contributed by atoms with Gasteiger partial charge in [-0.05, 0) is 19.8 Å². The molecule has 0 aliphatic heterocycles. The Morgan fingerprint density at radius 2 is 2.00 bits per heavy atom. The number of carbonyl (C=O) groups excluding carboxylic acids is 1. The molecule has 0 heterocycles. The van der Waals surface area contributed by atoms with E-state index in [2.05, 4.69) is 0 Å². The van der Waals surface area contributed by atoms with Crippen molar-refractivity contribution in [1.29, 1.82) is 0 Å². The first-order chi connectivity index (χ1) is 5.57. The van der Waals surface area contributed by atoms with Crippen LogP contribution in [-0.2, 0) is 9.53 Å². The van der Waals surface area contributed by atoms with Gasteiger partial charge in [0.2, 0.25) is 0 Å². The van der Waals surface area contributed by atoms with Gasteiger partial charge in [-0.25, -0.2) is 0 Å². The molecule has 0 fully saturated rings. The lowest BCUT2D eigenvalue weighted by atomic mass is 10.2. The van der Waals surface area contributed by atoms with Crippen LogP contribution < -0.4 is 0 Å². The van der Waals surface area contributed by atoms with Crippen LogP contribution in [0, 0.1) is 11.8 Å². The number of esters is 1. The van der Waals surface area contributed by atoms with Gasteiger partial charge in [0.25, 0.3) is 0 Å². The minimum absolute atomic E-state index is 0.117. The molecule has 2 nitrogen and oxygen atoms in total. The molecule has 0 rings (SSSR count). The molecule has 0 spiro atoms. The van der Waals surface area contributed by atoms with Crippen LogP contribution in [0.15, 0.2) is 12.2 Å². The average Bonchev–Trinajstić information content (AvgIpc) is 2.00. The molecule has 0 aromatic heterocycles. The molecular weight excluding hydrogens is 152 g/mol. The van der Waals surface area contributed by atoms with Gasteiger partial charge in [-0.3, -0.25) is 4.79 Å². The van der Waals surface area contributed by atoms with E-state index in [0.29, 0.717) is 12.5 Å². The lowest BCUT2D eigenvalue weighted by Crippen LogP contribution is -2.15. The lowest BCUT2D eigenvalue weighted by Gasteiger charge is -2.09. The third-order valence-corrected chi connectivity index (χ3v) is 1.41. The van der Waals surface area contributed by atoms with E-state index in [1.807, 2.05) is 39.8 Å². The summed E-state index contributed by atoms with van der Waals surface area (Å²) in [4.78, 5) is 11.2. The third kappa shape index (κ3) is 4.94. The summed E-state index contributed by atoms with van der Waals surface area (Å²) in [7, 11) is 0. The summed E-state index contributed by atoms with van der Waals surface area (Å²) in [5, 5.41) is 0. The molecule has 2 heteroatoms. The second kappa shape index (κ2) is 5.81. The molecule has 0 bridgehead atoms. The molecule has 0 aromatic carbocycles. The normalized spacial score (nSPS) is 13.8. The minimum atomic E-state index is -0.137. The van der Waals surface area contributed by atoms with E-state index >= 15 is 0 Å². The summed E-state index contributed by atoms with van der Waals surface area (Å²) in [6, 6.07) is 0. The van der Waals surface area contributed by atoms with Crippen LogP contribution in [0.5, 0.6) is 0 Å². The van der Waals surface area contributed by atoms with Crippen LogP contribution in [-0.4, -0.2) is 12.6 Å². The largest absolute Gasteiger partial charge is 0.465 e. The predicted molar refractivity (Wildman–Crippen MR) is 49.8 cm³/mol. The number of allylic oxidation sites excluding steroid dienone is 1. The molecule has 1 atom stereocenters. The molecule has 0 amide bonds. The summed E-state index contributed by atoms with van der Waals surface area (Å²) >= 11 is 0. The smallest absolute Gasteiger partial charge is 0.312 e. The van der Waals surface area contributed by atoms with Crippen molar-refractivity contribution in [3.63, 3.8) is 0 Å². The fraction of sp³-hybridized carbons (Fsp3) is 0.700. The van der Waals surface area contributed by atoms with Crippen LogP contribution in [0.4, 0.5) is 0 Å². The van der Waals surface area contributed by atoms with Gasteiger partial charge in [0, 0.05) is 0 Å². The highest BCUT2D eigenvalue weighted by Crippen LogP contribution is 2.02. The Morgan fingerprint density at radius 1 is 1.42 bits per heavy atom. The molecule has 12 heavy (non-hydrogen) atoms. The fourth-order valence-electron chi connectivity index (χ4n) is 0.747. The Kier molecular flexibility index (Phi) is 5.43.